The number of aliphatic hydroxyl groups excluding tert-OH is 4. The van der Waals surface area contributed by atoms with Gasteiger partial charge in [0.05, 0.1) is 36.9 Å². The van der Waals surface area contributed by atoms with Gasteiger partial charge in [-0.25, -0.2) is 4.39 Å². The first-order valence-electron chi connectivity index (χ1n) is 12.5. The fraction of sp³-hybridized carbons (Fsp3) is 1.00. The number of nitrogens with two attached hydrogens (primary N) is 5. The summed E-state index contributed by atoms with van der Waals surface area (Å²) in [6, 6.07) is -4.97. The van der Waals surface area contributed by atoms with Crippen molar-refractivity contribution in [2.75, 3.05) is 13.7 Å². The number of fused-ring (bicyclic) bond motifs is 1. The number of halogens is 1. The summed E-state index contributed by atoms with van der Waals surface area (Å²) in [5.74, 6) is 0. The van der Waals surface area contributed by atoms with Gasteiger partial charge in [-0.2, -0.15) is 0 Å². The number of alkyl halides is 1. The van der Waals surface area contributed by atoms with Crippen molar-refractivity contribution in [3.05, 3.63) is 0 Å². The SMILES string of the molecule is CNC1C(O[C@H]2OC(CO)[C@@H](N)C(O)C2O)O[C@H]2CC(N)[C@@H](O[C@@H]3C(N)C[C@@H](N)C(N)C3F)OC2C1O. The summed E-state index contributed by atoms with van der Waals surface area (Å²) in [5.41, 5.74) is 29.8. The molecule has 37 heavy (non-hydrogen) atoms. The molecule has 0 radical (unpaired) electrons. The van der Waals surface area contributed by atoms with Crippen molar-refractivity contribution >= 4 is 0 Å². The quantitative estimate of drug-likeness (QED) is 0.150. The molecule has 0 aromatic rings. The van der Waals surface area contributed by atoms with Crippen molar-refractivity contribution in [1.29, 1.82) is 0 Å². The zero-order valence-electron chi connectivity index (χ0n) is 20.5. The number of nitrogens with one attached hydrogen (secondary N) is 1. The van der Waals surface area contributed by atoms with E-state index in [1.807, 2.05) is 0 Å². The largest absolute Gasteiger partial charge is 0.394 e. The zero-order chi connectivity index (χ0) is 27.2. The maximum absolute atomic E-state index is 14.9. The molecular weight excluding hydrogens is 499 g/mol. The lowest BCUT2D eigenvalue weighted by atomic mass is 9.84. The summed E-state index contributed by atoms with van der Waals surface area (Å²) >= 11 is 0. The summed E-state index contributed by atoms with van der Waals surface area (Å²) in [6.45, 7) is -0.510. The molecule has 3 aliphatic heterocycles. The highest BCUT2D eigenvalue weighted by Crippen LogP contribution is 2.35. The van der Waals surface area contributed by atoms with Crippen LogP contribution in [0, 0.1) is 0 Å². The molecule has 15 N–H and O–H groups in total. The zero-order valence-corrected chi connectivity index (χ0v) is 20.5. The molecule has 0 aromatic heterocycles. The van der Waals surface area contributed by atoms with Crippen LogP contribution in [-0.2, 0) is 23.7 Å². The molecule has 1 aliphatic carbocycles. The topological polar surface area (TPSA) is 269 Å². The van der Waals surface area contributed by atoms with E-state index in [0.717, 1.165) is 0 Å². The van der Waals surface area contributed by atoms with Crippen molar-refractivity contribution in [3.8, 4) is 0 Å². The molecule has 16 heteroatoms. The molecule has 15 nitrogen and oxygen atoms in total. The molecule has 4 fully saturated rings. The molecule has 11 unspecified atom stereocenters. The molecule has 3 saturated heterocycles. The van der Waals surface area contributed by atoms with Crippen molar-refractivity contribution in [3.63, 3.8) is 0 Å². The van der Waals surface area contributed by atoms with Crippen LogP contribution in [0.25, 0.3) is 0 Å². The Morgan fingerprint density at radius 3 is 2.16 bits per heavy atom. The number of ether oxygens (including phenoxy) is 5. The Morgan fingerprint density at radius 2 is 1.51 bits per heavy atom. The van der Waals surface area contributed by atoms with Gasteiger partial charge in [0.2, 0.25) is 0 Å². The minimum atomic E-state index is -1.63. The van der Waals surface area contributed by atoms with E-state index in [-0.39, 0.29) is 12.8 Å². The Bertz CT molecular complexity index is 761. The Balaban J connectivity index is 1.43. The first-order valence-corrected chi connectivity index (χ1v) is 12.5. The molecular formula is C21H41FN6O9. The van der Waals surface area contributed by atoms with E-state index in [4.69, 9.17) is 52.4 Å². The van der Waals surface area contributed by atoms with Gasteiger partial charge in [-0.1, -0.05) is 0 Å². The summed E-state index contributed by atoms with van der Waals surface area (Å²) in [7, 11) is 1.55. The third kappa shape index (κ3) is 5.65. The average Bonchev–Trinajstić information content (AvgIpc) is 2.86. The monoisotopic (exact) mass is 540 g/mol. The summed E-state index contributed by atoms with van der Waals surface area (Å²) in [4.78, 5) is 0. The van der Waals surface area contributed by atoms with E-state index in [2.05, 4.69) is 5.32 Å². The first-order chi connectivity index (χ1) is 17.5. The third-order valence-corrected chi connectivity index (χ3v) is 7.79. The van der Waals surface area contributed by atoms with Gasteiger partial charge in [0.1, 0.15) is 42.8 Å². The van der Waals surface area contributed by atoms with Crippen molar-refractivity contribution in [2.24, 2.45) is 28.7 Å². The standard InChI is InChI=1S/C21H41FN6O9/c1-28-13-15(31)18-8(33-20(13)37-21-16(32)14(30)12(27)9(4-29)34-21)3-7(25)19(36-18)35-17-6(24)2-5(23)11(26)10(17)22/h5-21,28-32H,2-4,23-27H2,1H3/t5-,6?,7?,8+,9?,10?,11?,12-,13?,14?,15?,16?,17-,18?,19+,20?,21-/m1/s1. The van der Waals surface area contributed by atoms with Crippen LogP contribution in [0.2, 0.25) is 0 Å². The number of rotatable bonds is 6. The Kier molecular flexibility index (Phi) is 9.37. The van der Waals surface area contributed by atoms with Crippen LogP contribution in [0.1, 0.15) is 12.8 Å². The molecule has 0 bridgehead atoms. The molecule has 4 aliphatic rings. The molecule has 0 aromatic carbocycles. The second-order valence-electron chi connectivity index (χ2n) is 10.3. The maximum Gasteiger partial charge on any atom is 0.189 e. The summed E-state index contributed by atoms with van der Waals surface area (Å²) < 4.78 is 44.0. The van der Waals surface area contributed by atoms with E-state index in [1.54, 1.807) is 7.05 Å². The van der Waals surface area contributed by atoms with Gasteiger partial charge in [0.15, 0.2) is 18.9 Å². The Morgan fingerprint density at radius 1 is 0.811 bits per heavy atom. The molecule has 1 saturated carbocycles. The highest BCUT2D eigenvalue weighted by atomic mass is 19.1. The van der Waals surface area contributed by atoms with Crippen molar-refractivity contribution in [2.45, 2.75) is 117 Å². The van der Waals surface area contributed by atoms with E-state index in [9.17, 15) is 24.8 Å². The maximum atomic E-state index is 14.9. The molecule has 216 valence electrons. The van der Waals surface area contributed by atoms with Gasteiger partial charge >= 0.3 is 0 Å². The predicted octanol–water partition coefficient (Wildman–Crippen LogP) is -6.01. The number of likely N-dealkylation sites (N-methyl/N-ethyl adjacent to an activating group) is 1. The highest BCUT2D eigenvalue weighted by Gasteiger charge is 2.54. The average molecular weight is 541 g/mol. The predicted molar refractivity (Wildman–Crippen MR) is 124 cm³/mol. The Hall–Kier alpha value is -0.670. The van der Waals surface area contributed by atoms with Gasteiger partial charge in [0.25, 0.3) is 0 Å². The minimum Gasteiger partial charge on any atom is -0.394 e. The van der Waals surface area contributed by atoms with Crippen LogP contribution in [0.3, 0.4) is 0 Å². The van der Waals surface area contributed by atoms with Crippen LogP contribution in [0.5, 0.6) is 0 Å². The van der Waals surface area contributed by atoms with Gasteiger partial charge < -0.3 is 78.1 Å². The second kappa shape index (κ2) is 11.8. The van der Waals surface area contributed by atoms with Gasteiger partial charge in [0, 0.05) is 12.1 Å². The normalized spacial score (nSPS) is 55.1. The number of hydrogen-bond donors (Lipinski definition) is 10. The lowest BCUT2D eigenvalue weighted by Gasteiger charge is -2.51. The molecule has 0 spiro atoms. The molecule has 0 amide bonds. The van der Waals surface area contributed by atoms with Crippen LogP contribution in [0.4, 0.5) is 4.39 Å². The second-order valence-corrected chi connectivity index (χ2v) is 10.3. The van der Waals surface area contributed by atoms with E-state index in [0.29, 0.717) is 0 Å². The lowest BCUT2D eigenvalue weighted by molar-refractivity contribution is -0.372. The molecule has 17 atom stereocenters. The van der Waals surface area contributed by atoms with E-state index in [1.165, 1.54) is 0 Å². The van der Waals surface area contributed by atoms with E-state index < -0.39 is 111 Å². The number of hydrogen-bond acceptors (Lipinski definition) is 15. The summed E-state index contributed by atoms with van der Waals surface area (Å²) in [5, 5.41) is 44.1. The fourth-order valence-corrected chi connectivity index (χ4v) is 5.46. The smallest absolute Gasteiger partial charge is 0.189 e. The third-order valence-electron chi connectivity index (χ3n) is 7.79. The number of aliphatic hydroxyl groups is 4. The Labute approximate surface area is 213 Å². The van der Waals surface area contributed by atoms with Gasteiger partial charge in [-0.3, -0.25) is 0 Å². The van der Waals surface area contributed by atoms with Crippen LogP contribution in [0.15, 0.2) is 0 Å². The fourth-order valence-electron chi connectivity index (χ4n) is 5.46. The van der Waals surface area contributed by atoms with Crippen LogP contribution >= 0.6 is 0 Å². The highest BCUT2D eigenvalue weighted by molar-refractivity contribution is 5.02. The van der Waals surface area contributed by atoms with E-state index >= 15 is 0 Å². The van der Waals surface area contributed by atoms with Gasteiger partial charge in [-0.05, 0) is 19.9 Å². The summed E-state index contributed by atoms with van der Waals surface area (Å²) in [6.07, 6.45) is -12.9. The minimum absolute atomic E-state index is 0.147. The van der Waals surface area contributed by atoms with Crippen LogP contribution in [-0.4, -0.2) is 138 Å². The van der Waals surface area contributed by atoms with Crippen molar-refractivity contribution in [1.82, 2.24) is 5.32 Å². The first kappa shape index (κ1) is 29.3. The van der Waals surface area contributed by atoms with Gasteiger partial charge in [-0.15, -0.1) is 0 Å². The van der Waals surface area contributed by atoms with Crippen molar-refractivity contribution < 1.29 is 48.5 Å². The van der Waals surface area contributed by atoms with Crippen LogP contribution < -0.4 is 34.0 Å². The molecule has 3 heterocycles. The lowest BCUT2D eigenvalue weighted by Crippen LogP contribution is -2.70. The molecule has 4 rings (SSSR count).